The molecule has 0 bridgehead atoms. The molecule has 152 valence electrons. The number of benzene rings is 1. The van der Waals surface area contributed by atoms with Gasteiger partial charge in [0, 0.05) is 35.8 Å². The molecule has 29 heavy (non-hydrogen) atoms. The fourth-order valence-corrected chi connectivity index (χ4v) is 3.82. The zero-order valence-corrected chi connectivity index (χ0v) is 17.3. The molecule has 1 aliphatic carbocycles. The van der Waals surface area contributed by atoms with E-state index < -0.39 is 0 Å². The lowest BCUT2D eigenvalue weighted by atomic mass is 10.0. The molecule has 0 unspecified atom stereocenters. The summed E-state index contributed by atoms with van der Waals surface area (Å²) in [6.45, 7) is 6.21. The highest BCUT2D eigenvalue weighted by molar-refractivity contribution is 5.38. The number of hydrogen-bond acceptors (Lipinski definition) is 3. The van der Waals surface area contributed by atoms with Crippen molar-refractivity contribution in [1.29, 1.82) is 0 Å². The summed E-state index contributed by atoms with van der Waals surface area (Å²) in [5.74, 6) is 8.18. The van der Waals surface area contributed by atoms with Crippen molar-refractivity contribution in [2.45, 2.75) is 45.6 Å². The first-order valence-electron chi connectivity index (χ1n) is 10.7. The zero-order chi connectivity index (χ0) is 20.2. The third-order valence-electron chi connectivity index (χ3n) is 5.75. The molecule has 1 saturated carbocycles. The van der Waals surface area contributed by atoms with Crippen LogP contribution < -0.4 is 10.3 Å². The number of rotatable bonds is 5. The molecule has 4 nitrogen and oxygen atoms in total. The van der Waals surface area contributed by atoms with Crippen LogP contribution in [0.3, 0.4) is 0 Å². The van der Waals surface area contributed by atoms with Gasteiger partial charge < -0.3 is 14.0 Å². The predicted molar refractivity (Wildman–Crippen MR) is 114 cm³/mol. The molecule has 1 saturated heterocycles. The van der Waals surface area contributed by atoms with E-state index in [0.717, 1.165) is 42.9 Å². The Bertz CT molecular complexity index is 954. The highest BCUT2D eigenvalue weighted by atomic mass is 16.5. The van der Waals surface area contributed by atoms with E-state index in [4.69, 9.17) is 9.47 Å². The molecular weight excluding hydrogens is 362 g/mol. The molecule has 4 heteroatoms. The minimum absolute atomic E-state index is 0.0370. The van der Waals surface area contributed by atoms with Crippen molar-refractivity contribution < 1.29 is 9.47 Å². The summed E-state index contributed by atoms with van der Waals surface area (Å²) >= 11 is 0. The van der Waals surface area contributed by atoms with E-state index in [0.29, 0.717) is 24.2 Å². The third-order valence-corrected chi connectivity index (χ3v) is 5.75. The molecule has 2 heterocycles. The molecule has 2 aliphatic rings. The van der Waals surface area contributed by atoms with Crippen LogP contribution in [0.2, 0.25) is 0 Å². The average Bonchev–Trinajstić information content (AvgIpc) is 3.56. The van der Waals surface area contributed by atoms with Crippen LogP contribution in [-0.4, -0.2) is 24.4 Å². The molecule has 1 aliphatic heterocycles. The minimum atomic E-state index is -0.0475. The highest BCUT2D eigenvalue weighted by Gasteiger charge is 2.18. The number of aryl methyl sites for hydroxylation is 1. The van der Waals surface area contributed by atoms with Crippen molar-refractivity contribution in [2.75, 3.05) is 19.8 Å². The maximum atomic E-state index is 12.8. The SMILES string of the molecule is Cc1cc(OC[C@H]2CCCOC2)cc(=O)n1[C@H](C)c1ccc(C#CC2CC2)cc1. The van der Waals surface area contributed by atoms with Gasteiger partial charge in [0.25, 0.3) is 5.56 Å². The van der Waals surface area contributed by atoms with Gasteiger partial charge >= 0.3 is 0 Å². The predicted octanol–water partition coefficient (Wildman–Crippen LogP) is 4.33. The van der Waals surface area contributed by atoms with Crippen LogP contribution in [0.25, 0.3) is 0 Å². The lowest BCUT2D eigenvalue weighted by Crippen LogP contribution is -2.27. The molecule has 0 spiro atoms. The first-order chi connectivity index (χ1) is 14.1. The maximum absolute atomic E-state index is 12.8. The Labute approximate surface area is 172 Å². The average molecular weight is 392 g/mol. The Balaban J connectivity index is 1.45. The fourth-order valence-electron chi connectivity index (χ4n) is 3.82. The summed E-state index contributed by atoms with van der Waals surface area (Å²) in [7, 11) is 0. The standard InChI is InChI=1S/C25H29NO3/c1-18-14-24(29-17-22-4-3-13-28-16-22)15-25(27)26(18)19(2)23-11-9-21(10-12-23)8-7-20-5-6-20/h9-12,14-15,19-20,22H,3-6,13,16-17H2,1-2H3/t19-,22+/m1/s1. The van der Waals surface area contributed by atoms with E-state index in [2.05, 4.69) is 30.9 Å². The number of hydrogen-bond donors (Lipinski definition) is 0. The van der Waals surface area contributed by atoms with Gasteiger partial charge in [0.15, 0.2) is 0 Å². The summed E-state index contributed by atoms with van der Waals surface area (Å²) < 4.78 is 13.2. The third kappa shape index (κ3) is 5.10. The Kier molecular flexibility index (Phi) is 6.06. The lowest BCUT2D eigenvalue weighted by Gasteiger charge is -2.23. The summed E-state index contributed by atoms with van der Waals surface area (Å²) in [4.78, 5) is 12.8. The Hall–Kier alpha value is -2.51. The van der Waals surface area contributed by atoms with Crippen molar-refractivity contribution in [3.8, 4) is 17.6 Å². The normalized spacial score (nSPS) is 19.9. The van der Waals surface area contributed by atoms with Gasteiger partial charge in [-0.15, -0.1) is 0 Å². The number of nitrogens with zero attached hydrogens (tertiary/aromatic N) is 1. The lowest BCUT2D eigenvalue weighted by molar-refractivity contribution is 0.0351. The topological polar surface area (TPSA) is 40.5 Å². The van der Waals surface area contributed by atoms with Gasteiger partial charge in [-0.2, -0.15) is 0 Å². The van der Waals surface area contributed by atoms with Crippen LogP contribution >= 0.6 is 0 Å². The molecule has 2 atom stereocenters. The number of ether oxygens (including phenoxy) is 2. The van der Waals surface area contributed by atoms with Gasteiger partial charge in [0.2, 0.25) is 0 Å². The van der Waals surface area contributed by atoms with E-state index in [1.165, 1.54) is 12.8 Å². The Morgan fingerprint density at radius 2 is 2.00 bits per heavy atom. The molecule has 2 aromatic rings. The molecule has 0 radical (unpaired) electrons. The van der Waals surface area contributed by atoms with Crippen molar-refractivity contribution in [1.82, 2.24) is 4.57 Å². The molecule has 1 aromatic heterocycles. The molecule has 0 N–H and O–H groups in total. The minimum Gasteiger partial charge on any atom is -0.493 e. The first kappa shape index (κ1) is 19.8. The number of aromatic nitrogens is 1. The quantitative estimate of drug-likeness (QED) is 0.712. The maximum Gasteiger partial charge on any atom is 0.254 e. The van der Waals surface area contributed by atoms with Crippen molar-refractivity contribution in [2.24, 2.45) is 11.8 Å². The van der Waals surface area contributed by atoms with Gasteiger partial charge in [-0.1, -0.05) is 24.0 Å². The second-order valence-electron chi connectivity index (χ2n) is 8.28. The van der Waals surface area contributed by atoms with Gasteiger partial charge in [-0.05, 0) is 63.3 Å². The Morgan fingerprint density at radius 3 is 2.66 bits per heavy atom. The van der Waals surface area contributed by atoms with Crippen molar-refractivity contribution in [3.63, 3.8) is 0 Å². The molecular formula is C25H29NO3. The Morgan fingerprint density at radius 1 is 1.21 bits per heavy atom. The van der Waals surface area contributed by atoms with Crippen LogP contribution in [0.1, 0.15) is 55.5 Å². The van der Waals surface area contributed by atoms with E-state index >= 15 is 0 Å². The van der Waals surface area contributed by atoms with Crippen LogP contribution in [-0.2, 0) is 4.74 Å². The van der Waals surface area contributed by atoms with E-state index in [1.54, 1.807) is 6.07 Å². The molecule has 0 amide bonds. The molecule has 2 fully saturated rings. The highest BCUT2D eigenvalue weighted by Crippen LogP contribution is 2.27. The van der Waals surface area contributed by atoms with Crippen LogP contribution in [0.15, 0.2) is 41.2 Å². The number of pyridine rings is 1. The summed E-state index contributed by atoms with van der Waals surface area (Å²) in [6, 6.07) is 11.7. The van der Waals surface area contributed by atoms with Crippen LogP contribution in [0.5, 0.6) is 5.75 Å². The van der Waals surface area contributed by atoms with Gasteiger partial charge in [0.05, 0.1) is 19.3 Å². The first-order valence-corrected chi connectivity index (χ1v) is 10.7. The molecule has 1 aromatic carbocycles. The molecule has 4 rings (SSSR count). The van der Waals surface area contributed by atoms with Crippen molar-refractivity contribution in [3.05, 3.63) is 63.6 Å². The van der Waals surface area contributed by atoms with Gasteiger partial charge in [0.1, 0.15) is 5.75 Å². The summed E-state index contributed by atoms with van der Waals surface area (Å²) in [5, 5.41) is 0. The van der Waals surface area contributed by atoms with Gasteiger partial charge in [-0.3, -0.25) is 4.79 Å². The monoisotopic (exact) mass is 391 g/mol. The summed E-state index contributed by atoms with van der Waals surface area (Å²) in [6.07, 6.45) is 4.67. The smallest absolute Gasteiger partial charge is 0.254 e. The van der Waals surface area contributed by atoms with Gasteiger partial charge in [-0.25, -0.2) is 0 Å². The van der Waals surface area contributed by atoms with E-state index in [-0.39, 0.29) is 11.6 Å². The summed E-state index contributed by atoms with van der Waals surface area (Å²) in [5.41, 5.74) is 3.00. The largest absolute Gasteiger partial charge is 0.493 e. The zero-order valence-electron chi connectivity index (χ0n) is 17.3. The second kappa shape index (κ2) is 8.88. The van der Waals surface area contributed by atoms with E-state index in [9.17, 15) is 4.79 Å². The van der Waals surface area contributed by atoms with E-state index in [1.807, 2.05) is 29.7 Å². The van der Waals surface area contributed by atoms with Crippen molar-refractivity contribution >= 4 is 0 Å². The van der Waals surface area contributed by atoms with Crippen LogP contribution in [0.4, 0.5) is 0 Å². The second-order valence-corrected chi connectivity index (χ2v) is 8.28. The fraction of sp³-hybridized carbons (Fsp3) is 0.480. The van der Waals surface area contributed by atoms with Crippen LogP contribution in [0, 0.1) is 30.6 Å².